The zero-order valence-electron chi connectivity index (χ0n) is 32.9. The molecule has 0 saturated heterocycles. The molecular formula is C48H36N6O6. The number of methoxy groups -OCH3 is 3. The highest BCUT2D eigenvalue weighted by Gasteiger charge is 2.21. The molecule has 9 rings (SSSR count). The van der Waals surface area contributed by atoms with Crippen LogP contribution in [0.25, 0.3) is 91.1 Å². The van der Waals surface area contributed by atoms with Gasteiger partial charge in [-0.05, 0) is 102 Å². The molecule has 3 aromatic carbocycles. The van der Waals surface area contributed by atoms with Crippen LogP contribution in [-0.2, 0) is 21.3 Å². The van der Waals surface area contributed by atoms with Gasteiger partial charge in [-0.1, -0.05) is 36.4 Å². The lowest BCUT2D eigenvalue weighted by Crippen LogP contribution is -2.00. The second-order valence-electron chi connectivity index (χ2n) is 14.1. The summed E-state index contributed by atoms with van der Waals surface area (Å²) in [6.45, 7) is 0. The highest BCUT2D eigenvalue weighted by molar-refractivity contribution is 6.00. The van der Waals surface area contributed by atoms with Gasteiger partial charge < -0.3 is 28.7 Å². The van der Waals surface area contributed by atoms with Crippen molar-refractivity contribution < 1.29 is 28.6 Å². The quantitative estimate of drug-likeness (QED) is 0.119. The SMILES string of the molecule is COC(=O)c1ccc(-c2c3nc(c(-c4ccc(C(=O)OC)cc4)c4ccc([nH]4)c(-c4nccn4C)c4nc(c(-c5ccc(C(=O)OC)cc5)c5ccc2[nH]5)C=C4)C=C3)cc1. The van der Waals surface area contributed by atoms with Crippen molar-refractivity contribution in [3.05, 3.63) is 149 Å². The van der Waals surface area contributed by atoms with E-state index in [1.54, 1.807) is 42.6 Å². The summed E-state index contributed by atoms with van der Waals surface area (Å²) in [4.78, 5) is 60.0. The lowest BCUT2D eigenvalue weighted by Gasteiger charge is -2.08. The van der Waals surface area contributed by atoms with Gasteiger partial charge in [0.1, 0.15) is 5.82 Å². The van der Waals surface area contributed by atoms with E-state index in [1.807, 2.05) is 103 Å². The number of esters is 3. The van der Waals surface area contributed by atoms with Crippen molar-refractivity contribution >= 4 is 64.3 Å². The van der Waals surface area contributed by atoms with E-state index in [-0.39, 0.29) is 0 Å². The normalized spacial score (nSPS) is 11.7. The lowest BCUT2D eigenvalue weighted by atomic mass is 10.0. The third-order valence-electron chi connectivity index (χ3n) is 10.6. The summed E-state index contributed by atoms with van der Waals surface area (Å²) in [5, 5.41) is 0. The molecule has 0 amide bonds. The average molecular weight is 793 g/mol. The van der Waals surface area contributed by atoms with Crippen molar-refractivity contribution in [2.75, 3.05) is 21.3 Å². The Kier molecular flexibility index (Phi) is 9.57. The Balaban J connectivity index is 1.41. The van der Waals surface area contributed by atoms with Gasteiger partial charge in [0, 0.05) is 52.7 Å². The Morgan fingerprint density at radius 1 is 0.467 bits per heavy atom. The standard InChI is InChI=1S/C48H36N6O6/c1-54-26-25-49-45(54)44-39-23-21-37(52-39)42(28-7-13-31(14-8-28)47(56)59-3)35-19-17-33(50-35)41(27-5-11-30(12-6-27)46(55)58-2)34-18-20-36(51-34)43(38-22-24-40(44)53-38)29-9-15-32(16-10-29)48(57)60-4/h5-26,50,53H,1-4H3. The number of nitrogens with zero attached hydrogens (tertiary/aromatic N) is 4. The van der Waals surface area contributed by atoms with Crippen molar-refractivity contribution in [3.8, 4) is 44.8 Å². The molecule has 0 saturated carbocycles. The van der Waals surface area contributed by atoms with Gasteiger partial charge in [0.25, 0.3) is 0 Å². The number of nitrogens with one attached hydrogen (secondary N) is 2. The van der Waals surface area contributed by atoms with E-state index >= 15 is 0 Å². The number of carbonyl (C=O) groups is 3. The molecule has 12 nitrogen and oxygen atoms in total. The first kappa shape index (κ1) is 37.5. The summed E-state index contributed by atoms with van der Waals surface area (Å²) in [6, 6.07) is 29.7. The number of hydrogen-bond acceptors (Lipinski definition) is 9. The van der Waals surface area contributed by atoms with Crippen molar-refractivity contribution in [1.82, 2.24) is 29.5 Å². The first-order valence-corrected chi connectivity index (χ1v) is 18.9. The molecule has 2 aliphatic rings. The van der Waals surface area contributed by atoms with Crippen molar-refractivity contribution in [2.45, 2.75) is 0 Å². The molecule has 0 spiro atoms. The second kappa shape index (κ2) is 15.3. The van der Waals surface area contributed by atoms with Crippen LogP contribution in [0.3, 0.4) is 0 Å². The van der Waals surface area contributed by atoms with Gasteiger partial charge in [-0.3, -0.25) is 0 Å². The highest BCUT2D eigenvalue weighted by Crippen LogP contribution is 2.38. The number of imidazole rings is 1. The molecule has 0 atom stereocenters. The predicted octanol–water partition coefficient (Wildman–Crippen LogP) is 9.42. The summed E-state index contributed by atoms with van der Waals surface area (Å²) in [7, 11) is 6.01. The number of aryl methyl sites for hydroxylation is 1. The topological polar surface area (TPSA) is 154 Å². The third-order valence-corrected chi connectivity index (χ3v) is 10.6. The minimum Gasteiger partial charge on any atom is -0.465 e. The summed E-state index contributed by atoms with van der Waals surface area (Å²) in [6.07, 6.45) is 11.5. The maximum Gasteiger partial charge on any atom is 0.337 e. The maximum atomic E-state index is 12.4. The van der Waals surface area contributed by atoms with E-state index in [9.17, 15) is 14.4 Å². The lowest BCUT2D eigenvalue weighted by molar-refractivity contribution is 0.0592. The van der Waals surface area contributed by atoms with Crippen LogP contribution in [0, 0.1) is 0 Å². The monoisotopic (exact) mass is 792 g/mol. The Morgan fingerprint density at radius 2 is 0.783 bits per heavy atom. The summed E-state index contributed by atoms with van der Waals surface area (Å²) >= 11 is 0. The van der Waals surface area contributed by atoms with Crippen LogP contribution >= 0.6 is 0 Å². The van der Waals surface area contributed by atoms with E-state index in [4.69, 9.17) is 29.2 Å². The summed E-state index contributed by atoms with van der Waals surface area (Å²) in [5.41, 5.74) is 12.6. The molecule has 12 heteroatoms. The predicted molar refractivity (Wildman–Crippen MR) is 231 cm³/mol. The Hall–Kier alpha value is -8.12. The zero-order chi connectivity index (χ0) is 41.5. The number of rotatable bonds is 7. The molecule has 0 fully saturated rings. The molecule has 2 aliphatic heterocycles. The number of ether oxygens (including phenoxy) is 3. The largest absolute Gasteiger partial charge is 0.465 e. The van der Waals surface area contributed by atoms with Crippen LogP contribution < -0.4 is 0 Å². The van der Waals surface area contributed by atoms with E-state index in [0.29, 0.717) is 45.3 Å². The van der Waals surface area contributed by atoms with Crippen LogP contribution in [0.15, 0.2) is 109 Å². The van der Waals surface area contributed by atoms with Crippen LogP contribution in [0.5, 0.6) is 0 Å². The van der Waals surface area contributed by atoms with Crippen LogP contribution in [0.1, 0.15) is 53.8 Å². The van der Waals surface area contributed by atoms with E-state index in [2.05, 4.69) is 9.97 Å². The highest BCUT2D eigenvalue weighted by atomic mass is 16.5. The molecule has 2 N–H and O–H groups in total. The molecule has 4 aromatic heterocycles. The molecule has 7 aromatic rings. The molecule has 0 radical (unpaired) electrons. The van der Waals surface area contributed by atoms with Crippen LogP contribution in [-0.4, -0.2) is 68.7 Å². The number of H-pyrrole nitrogens is 2. The van der Waals surface area contributed by atoms with Crippen molar-refractivity contribution in [3.63, 3.8) is 0 Å². The number of carbonyl (C=O) groups excluding carboxylic acids is 3. The second-order valence-corrected chi connectivity index (χ2v) is 14.1. The Labute approximate surface area is 343 Å². The molecular weight excluding hydrogens is 757 g/mol. The number of hydrogen-bond donors (Lipinski definition) is 2. The van der Waals surface area contributed by atoms with Gasteiger partial charge in [0.2, 0.25) is 0 Å². The molecule has 8 bridgehead atoms. The van der Waals surface area contributed by atoms with Gasteiger partial charge in [-0.25, -0.2) is 29.3 Å². The van der Waals surface area contributed by atoms with E-state index < -0.39 is 17.9 Å². The maximum absolute atomic E-state index is 12.4. The van der Waals surface area contributed by atoms with Gasteiger partial charge in [-0.2, -0.15) is 0 Å². The number of benzene rings is 3. The van der Waals surface area contributed by atoms with Crippen molar-refractivity contribution in [2.24, 2.45) is 7.05 Å². The molecule has 6 heterocycles. The molecule has 60 heavy (non-hydrogen) atoms. The summed E-state index contributed by atoms with van der Waals surface area (Å²) < 4.78 is 16.9. The molecule has 0 aliphatic carbocycles. The van der Waals surface area contributed by atoms with E-state index in [1.165, 1.54) is 21.3 Å². The van der Waals surface area contributed by atoms with Gasteiger partial charge in [0.15, 0.2) is 0 Å². The Morgan fingerprint density at radius 3 is 1.08 bits per heavy atom. The zero-order valence-corrected chi connectivity index (χ0v) is 32.9. The first-order valence-electron chi connectivity index (χ1n) is 18.9. The van der Waals surface area contributed by atoms with Gasteiger partial charge in [-0.15, -0.1) is 0 Å². The van der Waals surface area contributed by atoms with Gasteiger partial charge in [0.05, 0.1) is 71.9 Å². The fourth-order valence-corrected chi connectivity index (χ4v) is 7.63. The fourth-order valence-electron chi connectivity index (χ4n) is 7.63. The van der Waals surface area contributed by atoms with E-state index in [0.717, 1.165) is 61.0 Å². The minimum absolute atomic E-state index is 0.415. The number of aromatic nitrogens is 6. The van der Waals surface area contributed by atoms with Crippen LogP contribution in [0.4, 0.5) is 0 Å². The molecule has 0 unspecified atom stereocenters. The third kappa shape index (κ3) is 6.65. The number of fused-ring (bicyclic) bond motifs is 8. The molecule has 294 valence electrons. The average Bonchev–Trinajstić information content (AvgIpc) is 4.16. The van der Waals surface area contributed by atoms with Gasteiger partial charge >= 0.3 is 17.9 Å². The minimum atomic E-state index is -0.439. The fraction of sp³-hybridized carbons (Fsp3) is 0.0833. The first-order chi connectivity index (χ1) is 29.2. The number of aromatic amines is 2. The summed E-state index contributed by atoms with van der Waals surface area (Å²) in [5.74, 6) is -0.601. The Bertz CT molecular complexity index is 3040. The smallest absolute Gasteiger partial charge is 0.337 e. The van der Waals surface area contributed by atoms with Crippen LogP contribution in [0.2, 0.25) is 0 Å². The van der Waals surface area contributed by atoms with Crippen molar-refractivity contribution in [1.29, 1.82) is 0 Å².